The van der Waals surface area contributed by atoms with E-state index in [1.807, 2.05) is 11.3 Å². The molecule has 4 heteroatoms. The van der Waals surface area contributed by atoms with Crippen molar-refractivity contribution in [1.29, 1.82) is 0 Å². The van der Waals surface area contributed by atoms with Crippen molar-refractivity contribution in [2.45, 2.75) is 44.4 Å². The van der Waals surface area contributed by atoms with E-state index in [4.69, 9.17) is 4.74 Å². The fourth-order valence-electron chi connectivity index (χ4n) is 3.01. The van der Waals surface area contributed by atoms with Crippen LogP contribution in [0.1, 0.15) is 30.6 Å². The highest BCUT2D eigenvalue weighted by atomic mass is 79.9. The summed E-state index contributed by atoms with van der Waals surface area (Å²) in [5.74, 6) is 0. The zero-order valence-electron chi connectivity index (χ0n) is 9.90. The molecule has 17 heavy (non-hydrogen) atoms. The number of hydrogen-bond acceptors (Lipinski definition) is 3. The van der Waals surface area contributed by atoms with E-state index < -0.39 is 0 Å². The van der Waals surface area contributed by atoms with E-state index in [2.05, 4.69) is 32.3 Å². The first-order chi connectivity index (χ1) is 8.33. The quantitative estimate of drug-likeness (QED) is 0.826. The molecule has 2 aliphatic rings. The summed E-state index contributed by atoms with van der Waals surface area (Å²) in [6.07, 6.45) is 5.79. The number of thiophene rings is 1. The number of rotatable bonds is 2. The molecular formula is C13H18BrNOS. The molecule has 2 fully saturated rings. The van der Waals surface area contributed by atoms with Gasteiger partial charge in [-0.15, -0.1) is 11.3 Å². The maximum absolute atomic E-state index is 5.91. The minimum Gasteiger partial charge on any atom is -0.375 e. The van der Waals surface area contributed by atoms with Gasteiger partial charge in [-0.1, -0.05) is 12.8 Å². The Bertz CT molecular complexity index is 379. The van der Waals surface area contributed by atoms with Gasteiger partial charge in [0.25, 0.3) is 0 Å². The summed E-state index contributed by atoms with van der Waals surface area (Å²) < 4.78 is 7.12. The molecule has 94 valence electrons. The maximum atomic E-state index is 5.91. The number of fused-ring (bicyclic) bond motifs is 1. The van der Waals surface area contributed by atoms with E-state index in [0.29, 0.717) is 12.1 Å². The standard InChI is InChI=1S/C13H18BrNOS/c14-10-7-11(17-9-10)8-15-5-6-16-13-4-2-1-3-12(13)15/h7,9,12-13H,1-6,8H2. The van der Waals surface area contributed by atoms with Crippen LogP contribution in [-0.2, 0) is 11.3 Å². The minimum atomic E-state index is 0.501. The minimum absolute atomic E-state index is 0.501. The van der Waals surface area contributed by atoms with Crippen LogP contribution in [0.4, 0.5) is 0 Å². The van der Waals surface area contributed by atoms with E-state index in [0.717, 1.165) is 19.7 Å². The van der Waals surface area contributed by atoms with Gasteiger partial charge in [0, 0.05) is 33.9 Å². The molecule has 1 aliphatic heterocycles. The smallest absolute Gasteiger partial charge is 0.0731 e. The van der Waals surface area contributed by atoms with Gasteiger partial charge in [0.15, 0.2) is 0 Å². The topological polar surface area (TPSA) is 12.5 Å². The summed E-state index contributed by atoms with van der Waals surface area (Å²) in [6, 6.07) is 2.91. The SMILES string of the molecule is Brc1csc(CN2CCOC3CCCCC32)c1. The average Bonchev–Trinajstić information content (AvgIpc) is 2.75. The van der Waals surface area contributed by atoms with Crippen LogP contribution < -0.4 is 0 Å². The highest BCUT2D eigenvalue weighted by molar-refractivity contribution is 9.10. The lowest BCUT2D eigenvalue weighted by Crippen LogP contribution is -2.51. The predicted octanol–water partition coefficient (Wildman–Crippen LogP) is 3.65. The van der Waals surface area contributed by atoms with Gasteiger partial charge in [-0.2, -0.15) is 0 Å². The molecule has 2 unspecified atom stereocenters. The van der Waals surface area contributed by atoms with Crippen molar-refractivity contribution in [2.24, 2.45) is 0 Å². The van der Waals surface area contributed by atoms with Crippen LogP contribution >= 0.6 is 27.3 Å². The molecule has 2 atom stereocenters. The zero-order chi connectivity index (χ0) is 11.7. The maximum Gasteiger partial charge on any atom is 0.0731 e. The van der Waals surface area contributed by atoms with E-state index in [1.54, 1.807) is 0 Å². The lowest BCUT2D eigenvalue weighted by atomic mass is 9.90. The van der Waals surface area contributed by atoms with Crippen molar-refractivity contribution in [3.8, 4) is 0 Å². The fourth-order valence-corrected chi connectivity index (χ4v) is 4.49. The van der Waals surface area contributed by atoms with Crippen molar-refractivity contribution >= 4 is 27.3 Å². The molecule has 1 saturated heterocycles. The monoisotopic (exact) mass is 315 g/mol. The van der Waals surface area contributed by atoms with Crippen LogP contribution in [0, 0.1) is 0 Å². The molecule has 1 saturated carbocycles. The number of nitrogens with zero attached hydrogens (tertiary/aromatic N) is 1. The van der Waals surface area contributed by atoms with Crippen LogP contribution in [-0.4, -0.2) is 30.2 Å². The van der Waals surface area contributed by atoms with Gasteiger partial charge in [-0.3, -0.25) is 4.90 Å². The van der Waals surface area contributed by atoms with E-state index in [9.17, 15) is 0 Å². The molecule has 0 amide bonds. The molecule has 0 radical (unpaired) electrons. The van der Waals surface area contributed by atoms with Crippen LogP contribution in [0.15, 0.2) is 15.9 Å². The predicted molar refractivity (Wildman–Crippen MR) is 74.4 cm³/mol. The second-order valence-electron chi connectivity index (χ2n) is 4.96. The lowest BCUT2D eigenvalue weighted by Gasteiger charge is -2.43. The first-order valence-electron chi connectivity index (χ1n) is 6.41. The summed E-state index contributed by atoms with van der Waals surface area (Å²) >= 11 is 5.39. The van der Waals surface area contributed by atoms with Crippen LogP contribution in [0.3, 0.4) is 0 Å². The Balaban J connectivity index is 1.68. The molecule has 2 heterocycles. The van der Waals surface area contributed by atoms with Gasteiger partial charge < -0.3 is 4.74 Å². The summed E-state index contributed by atoms with van der Waals surface area (Å²) in [5.41, 5.74) is 0. The Hall–Kier alpha value is 0.1000. The third kappa shape index (κ3) is 2.75. The number of hydrogen-bond donors (Lipinski definition) is 0. The first kappa shape index (κ1) is 12.2. The number of morpholine rings is 1. The molecule has 3 rings (SSSR count). The van der Waals surface area contributed by atoms with Crippen molar-refractivity contribution in [3.63, 3.8) is 0 Å². The summed E-state index contributed by atoms with van der Waals surface area (Å²) in [7, 11) is 0. The Morgan fingerprint density at radius 2 is 2.29 bits per heavy atom. The van der Waals surface area contributed by atoms with Gasteiger partial charge >= 0.3 is 0 Å². The molecule has 1 aromatic rings. The summed E-state index contributed by atoms with van der Waals surface area (Å²) in [5, 5.41) is 2.17. The molecule has 0 aromatic carbocycles. The molecule has 1 aliphatic carbocycles. The van der Waals surface area contributed by atoms with Crippen molar-refractivity contribution in [2.75, 3.05) is 13.2 Å². The number of ether oxygens (including phenoxy) is 1. The third-order valence-electron chi connectivity index (χ3n) is 3.83. The zero-order valence-corrected chi connectivity index (χ0v) is 12.3. The van der Waals surface area contributed by atoms with Crippen molar-refractivity contribution in [1.82, 2.24) is 4.90 Å². The largest absolute Gasteiger partial charge is 0.375 e. The van der Waals surface area contributed by atoms with E-state index in [-0.39, 0.29) is 0 Å². The van der Waals surface area contributed by atoms with Gasteiger partial charge in [-0.05, 0) is 34.8 Å². The number of halogens is 1. The van der Waals surface area contributed by atoms with Gasteiger partial charge in [-0.25, -0.2) is 0 Å². The van der Waals surface area contributed by atoms with Gasteiger partial charge in [0.1, 0.15) is 0 Å². The van der Waals surface area contributed by atoms with Crippen LogP contribution in [0.2, 0.25) is 0 Å². The third-order valence-corrected chi connectivity index (χ3v) is 5.51. The summed E-state index contributed by atoms with van der Waals surface area (Å²) in [4.78, 5) is 4.09. The summed E-state index contributed by atoms with van der Waals surface area (Å²) in [6.45, 7) is 3.10. The fraction of sp³-hybridized carbons (Fsp3) is 0.692. The second kappa shape index (κ2) is 5.39. The molecular weight excluding hydrogens is 298 g/mol. The normalized spacial score (nSPS) is 30.2. The van der Waals surface area contributed by atoms with Gasteiger partial charge in [0.05, 0.1) is 12.7 Å². The molecule has 1 aromatic heterocycles. The Labute approximate surface area is 115 Å². The highest BCUT2D eigenvalue weighted by Crippen LogP contribution is 2.30. The van der Waals surface area contributed by atoms with Crippen LogP contribution in [0.5, 0.6) is 0 Å². The Kier molecular flexibility index (Phi) is 3.85. The second-order valence-corrected chi connectivity index (χ2v) is 6.87. The van der Waals surface area contributed by atoms with Crippen molar-refractivity contribution in [3.05, 3.63) is 20.8 Å². The first-order valence-corrected chi connectivity index (χ1v) is 8.09. The molecule has 0 bridgehead atoms. The highest BCUT2D eigenvalue weighted by Gasteiger charge is 2.34. The molecule has 0 spiro atoms. The van der Waals surface area contributed by atoms with Gasteiger partial charge in [0.2, 0.25) is 0 Å². The average molecular weight is 316 g/mol. The lowest BCUT2D eigenvalue weighted by molar-refractivity contribution is -0.0908. The Morgan fingerprint density at radius 3 is 3.12 bits per heavy atom. The molecule has 2 nitrogen and oxygen atoms in total. The molecule has 0 N–H and O–H groups in total. The van der Waals surface area contributed by atoms with Crippen LogP contribution in [0.25, 0.3) is 0 Å². The Morgan fingerprint density at radius 1 is 1.41 bits per heavy atom. The van der Waals surface area contributed by atoms with Crippen molar-refractivity contribution < 1.29 is 4.74 Å². The van der Waals surface area contributed by atoms with E-state index in [1.165, 1.54) is 35.0 Å². The van der Waals surface area contributed by atoms with E-state index >= 15 is 0 Å².